The number of nitriles is 1. The van der Waals surface area contributed by atoms with Gasteiger partial charge in [0.2, 0.25) is 0 Å². The Morgan fingerprint density at radius 2 is 1.83 bits per heavy atom. The number of ketones is 1. The number of fused-ring (bicyclic) bond motifs is 1. The summed E-state index contributed by atoms with van der Waals surface area (Å²) in [5.74, 6) is 0.225. The van der Waals surface area contributed by atoms with Gasteiger partial charge in [-0.05, 0) is 41.3 Å². The summed E-state index contributed by atoms with van der Waals surface area (Å²) in [5.41, 5.74) is 4.60. The number of benzene rings is 2. The smallest absolute Gasteiger partial charge is 0.163 e. The Morgan fingerprint density at radius 1 is 1.00 bits per heavy atom. The van der Waals surface area contributed by atoms with Gasteiger partial charge in [-0.1, -0.05) is 24.3 Å². The second kappa shape index (κ2) is 4.12. The van der Waals surface area contributed by atoms with Crippen LogP contribution < -0.4 is 0 Å². The molecule has 86 valence electrons. The zero-order chi connectivity index (χ0) is 12.5. The molecule has 0 saturated carbocycles. The van der Waals surface area contributed by atoms with Crippen LogP contribution in [0.25, 0.3) is 11.1 Å². The molecule has 2 nitrogen and oxygen atoms in total. The largest absolute Gasteiger partial charge is 0.294 e. The molecule has 1 aliphatic carbocycles. The lowest BCUT2D eigenvalue weighted by Gasteiger charge is -2.05. The van der Waals surface area contributed by atoms with Crippen molar-refractivity contribution in [1.29, 1.82) is 5.26 Å². The molecule has 0 aromatic heterocycles. The molecular formula is C16H11NO. The van der Waals surface area contributed by atoms with Crippen LogP contribution in [-0.4, -0.2) is 5.78 Å². The third-order valence-corrected chi connectivity index (χ3v) is 3.36. The molecule has 0 N–H and O–H groups in total. The van der Waals surface area contributed by atoms with Crippen molar-refractivity contribution in [3.8, 4) is 17.2 Å². The van der Waals surface area contributed by atoms with Gasteiger partial charge in [0.1, 0.15) is 0 Å². The Balaban J connectivity index is 2.10. The minimum absolute atomic E-state index is 0.225. The number of hydrogen-bond acceptors (Lipinski definition) is 2. The average Bonchev–Trinajstić information content (AvgIpc) is 2.80. The second-order valence-corrected chi connectivity index (χ2v) is 4.49. The van der Waals surface area contributed by atoms with Crippen molar-refractivity contribution in [3.63, 3.8) is 0 Å². The SMILES string of the molecule is N#Cc1cccc(-c2ccc3c(c2)C(=O)CC3)c1. The van der Waals surface area contributed by atoms with Crippen molar-refractivity contribution in [3.05, 3.63) is 59.2 Å². The van der Waals surface area contributed by atoms with Gasteiger partial charge in [-0.15, -0.1) is 0 Å². The summed E-state index contributed by atoms with van der Waals surface area (Å²) in [5, 5.41) is 8.90. The number of carbonyl (C=O) groups is 1. The Morgan fingerprint density at radius 3 is 2.67 bits per heavy atom. The molecule has 0 radical (unpaired) electrons. The Labute approximate surface area is 105 Å². The normalized spacial score (nSPS) is 13.2. The molecule has 2 heteroatoms. The summed E-state index contributed by atoms with van der Waals surface area (Å²) in [6.07, 6.45) is 1.48. The first kappa shape index (κ1) is 10.7. The number of aryl methyl sites for hydroxylation is 1. The van der Waals surface area contributed by atoms with E-state index in [4.69, 9.17) is 5.26 Å². The maximum atomic E-state index is 11.7. The van der Waals surface area contributed by atoms with Crippen molar-refractivity contribution in [2.24, 2.45) is 0 Å². The Bertz CT molecular complexity index is 680. The second-order valence-electron chi connectivity index (χ2n) is 4.49. The van der Waals surface area contributed by atoms with Crippen LogP contribution in [0.15, 0.2) is 42.5 Å². The van der Waals surface area contributed by atoms with Crippen LogP contribution in [0.4, 0.5) is 0 Å². The number of nitrogens with zero attached hydrogens (tertiary/aromatic N) is 1. The van der Waals surface area contributed by atoms with E-state index in [-0.39, 0.29) is 5.78 Å². The van der Waals surface area contributed by atoms with Crippen LogP contribution in [0, 0.1) is 11.3 Å². The molecule has 2 aromatic carbocycles. The molecule has 3 rings (SSSR count). The van der Waals surface area contributed by atoms with Gasteiger partial charge in [-0.3, -0.25) is 4.79 Å². The first-order valence-electron chi connectivity index (χ1n) is 5.94. The van der Waals surface area contributed by atoms with Crippen molar-refractivity contribution in [2.75, 3.05) is 0 Å². The minimum Gasteiger partial charge on any atom is -0.294 e. The fourth-order valence-corrected chi connectivity index (χ4v) is 2.38. The third kappa shape index (κ3) is 1.70. The monoisotopic (exact) mass is 233 g/mol. The minimum atomic E-state index is 0.225. The lowest BCUT2D eigenvalue weighted by atomic mass is 9.99. The van der Waals surface area contributed by atoms with Gasteiger partial charge >= 0.3 is 0 Å². The highest BCUT2D eigenvalue weighted by Gasteiger charge is 2.19. The molecule has 0 fully saturated rings. The van der Waals surface area contributed by atoms with E-state index in [9.17, 15) is 4.79 Å². The molecule has 0 atom stereocenters. The Kier molecular flexibility index (Phi) is 2.46. The highest BCUT2D eigenvalue weighted by Crippen LogP contribution is 2.28. The van der Waals surface area contributed by atoms with E-state index in [2.05, 4.69) is 6.07 Å². The number of rotatable bonds is 1. The van der Waals surface area contributed by atoms with Crippen LogP contribution in [0.1, 0.15) is 27.9 Å². The van der Waals surface area contributed by atoms with Gasteiger partial charge in [0, 0.05) is 12.0 Å². The fraction of sp³-hybridized carbons (Fsp3) is 0.125. The average molecular weight is 233 g/mol. The zero-order valence-electron chi connectivity index (χ0n) is 9.81. The molecule has 0 amide bonds. The lowest BCUT2D eigenvalue weighted by molar-refractivity contribution is 0.0994. The quantitative estimate of drug-likeness (QED) is 0.757. The topological polar surface area (TPSA) is 40.9 Å². The summed E-state index contributed by atoms with van der Waals surface area (Å²) in [7, 11) is 0. The van der Waals surface area contributed by atoms with Gasteiger partial charge in [0.15, 0.2) is 5.78 Å². The van der Waals surface area contributed by atoms with E-state index in [1.807, 2.05) is 36.4 Å². The highest BCUT2D eigenvalue weighted by atomic mass is 16.1. The first-order valence-corrected chi connectivity index (χ1v) is 5.94. The van der Waals surface area contributed by atoms with Gasteiger partial charge in [-0.25, -0.2) is 0 Å². The van der Waals surface area contributed by atoms with Crippen LogP contribution in [-0.2, 0) is 6.42 Å². The molecular weight excluding hydrogens is 222 g/mol. The summed E-state index contributed by atoms with van der Waals surface area (Å²) in [6.45, 7) is 0. The summed E-state index contributed by atoms with van der Waals surface area (Å²) < 4.78 is 0. The molecule has 2 aromatic rings. The molecule has 0 bridgehead atoms. The van der Waals surface area contributed by atoms with Crippen molar-refractivity contribution in [1.82, 2.24) is 0 Å². The molecule has 0 aliphatic heterocycles. The molecule has 1 aliphatic rings. The van der Waals surface area contributed by atoms with Gasteiger partial charge < -0.3 is 0 Å². The van der Waals surface area contributed by atoms with E-state index in [0.717, 1.165) is 28.7 Å². The van der Waals surface area contributed by atoms with Crippen LogP contribution in [0.5, 0.6) is 0 Å². The van der Waals surface area contributed by atoms with E-state index >= 15 is 0 Å². The summed E-state index contributed by atoms with van der Waals surface area (Å²) in [4.78, 5) is 11.7. The fourth-order valence-electron chi connectivity index (χ4n) is 2.38. The lowest BCUT2D eigenvalue weighted by Crippen LogP contribution is -1.91. The predicted molar refractivity (Wildman–Crippen MR) is 69.2 cm³/mol. The van der Waals surface area contributed by atoms with E-state index in [1.165, 1.54) is 0 Å². The van der Waals surface area contributed by atoms with Crippen molar-refractivity contribution >= 4 is 5.78 Å². The third-order valence-electron chi connectivity index (χ3n) is 3.36. The zero-order valence-corrected chi connectivity index (χ0v) is 9.81. The standard InChI is InChI=1S/C16H11NO/c17-10-11-2-1-3-13(8-11)14-5-4-12-6-7-16(18)15(12)9-14/h1-5,8-9H,6-7H2. The molecule has 18 heavy (non-hydrogen) atoms. The van der Waals surface area contributed by atoms with Gasteiger partial charge in [0.25, 0.3) is 0 Å². The maximum Gasteiger partial charge on any atom is 0.163 e. The first-order chi connectivity index (χ1) is 8.78. The van der Waals surface area contributed by atoms with Crippen molar-refractivity contribution < 1.29 is 4.79 Å². The van der Waals surface area contributed by atoms with Crippen LogP contribution in [0.3, 0.4) is 0 Å². The number of carbonyl (C=O) groups excluding carboxylic acids is 1. The van der Waals surface area contributed by atoms with Crippen LogP contribution >= 0.6 is 0 Å². The molecule has 0 heterocycles. The van der Waals surface area contributed by atoms with E-state index in [1.54, 1.807) is 6.07 Å². The summed E-state index contributed by atoms with van der Waals surface area (Å²) in [6, 6.07) is 15.6. The van der Waals surface area contributed by atoms with Crippen molar-refractivity contribution in [2.45, 2.75) is 12.8 Å². The van der Waals surface area contributed by atoms with E-state index in [0.29, 0.717) is 12.0 Å². The molecule has 0 unspecified atom stereocenters. The van der Waals surface area contributed by atoms with Gasteiger partial charge in [-0.2, -0.15) is 5.26 Å². The number of Topliss-reactive ketones (excluding diaryl/α,β-unsaturated/α-hetero) is 1. The summed E-state index contributed by atoms with van der Waals surface area (Å²) >= 11 is 0. The number of hydrogen-bond donors (Lipinski definition) is 0. The Hall–Kier alpha value is -2.40. The van der Waals surface area contributed by atoms with E-state index < -0.39 is 0 Å². The predicted octanol–water partition coefficient (Wildman–Crippen LogP) is 3.35. The molecule has 0 saturated heterocycles. The molecule has 0 spiro atoms. The van der Waals surface area contributed by atoms with Gasteiger partial charge in [0.05, 0.1) is 11.6 Å². The van der Waals surface area contributed by atoms with Crippen LogP contribution in [0.2, 0.25) is 0 Å². The highest BCUT2D eigenvalue weighted by molar-refractivity contribution is 6.01. The maximum absolute atomic E-state index is 11.7.